The molecule has 3 aliphatic rings. The molecule has 1 N–H and O–H groups in total. The molecular weight excluding hydrogens is 392 g/mol. The Bertz CT molecular complexity index is 851. The van der Waals surface area contributed by atoms with Gasteiger partial charge >= 0.3 is 0 Å². The fourth-order valence-corrected chi connectivity index (χ4v) is 5.49. The van der Waals surface area contributed by atoms with Crippen LogP contribution in [-0.4, -0.2) is 57.8 Å². The van der Waals surface area contributed by atoms with Gasteiger partial charge in [-0.1, -0.05) is 26.7 Å². The van der Waals surface area contributed by atoms with Crippen molar-refractivity contribution in [2.45, 2.75) is 77.0 Å². The number of hydrogen-bond acceptors (Lipinski definition) is 4. The van der Waals surface area contributed by atoms with E-state index in [1.165, 1.54) is 0 Å². The Morgan fingerprint density at radius 1 is 0.968 bits per heavy atom. The van der Waals surface area contributed by atoms with E-state index in [0.717, 1.165) is 69.4 Å². The summed E-state index contributed by atoms with van der Waals surface area (Å²) in [5, 5.41) is 0. The first-order chi connectivity index (χ1) is 14.9. The van der Waals surface area contributed by atoms with E-state index < -0.39 is 0 Å². The number of aromatic amines is 1. The maximum atomic E-state index is 12.9. The number of likely N-dealkylation sites (tertiary alicyclic amines) is 2. The second kappa shape index (κ2) is 9.53. The van der Waals surface area contributed by atoms with Crippen molar-refractivity contribution in [3.63, 3.8) is 0 Å². The molecule has 2 saturated heterocycles. The van der Waals surface area contributed by atoms with Gasteiger partial charge in [0, 0.05) is 55.9 Å². The first-order valence-corrected chi connectivity index (χ1v) is 12.1. The Kier molecular flexibility index (Phi) is 6.77. The molecule has 0 radical (unpaired) electrons. The van der Waals surface area contributed by atoms with Gasteiger partial charge in [-0.05, 0) is 38.5 Å². The molecule has 1 aromatic rings. The SMILES string of the molecule is CC(C)C(=O)N1CCC(c2nc([C@H]3CCCN(C(=O)C4CCCC4)C3)cc(=O)[nH]2)CC1. The quantitative estimate of drug-likeness (QED) is 0.799. The molecule has 2 amide bonds. The number of H-pyrrole nitrogens is 1. The Morgan fingerprint density at radius 2 is 1.68 bits per heavy atom. The molecule has 0 bridgehead atoms. The van der Waals surface area contributed by atoms with Crippen molar-refractivity contribution in [2.75, 3.05) is 26.2 Å². The molecule has 0 unspecified atom stereocenters. The van der Waals surface area contributed by atoms with E-state index in [1.54, 1.807) is 6.07 Å². The van der Waals surface area contributed by atoms with Crippen molar-refractivity contribution in [1.29, 1.82) is 0 Å². The average Bonchev–Trinajstić information content (AvgIpc) is 3.33. The summed E-state index contributed by atoms with van der Waals surface area (Å²) in [5.41, 5.74) is 0.711. The molecule has 1 atom stereocenters. The summed E-state index contributed by atoms with van der Waals surface area (Å²) in [6.07, 6.45) is 7.93. The van der Waals surface area contributed by atoms with Crippen LogP contribution in [0.4, 0.5) is 0 Å². The maximum absolute atomic E-state index is 12.9. The number of carbonyl (C=O) groups excluding carboxylic acids is 2. The monoisotopic (exact) mass is 428 g/mol. The van der Waals surface area contributed by atoms with Gasteiger partial charge in [0.25, 0.3) is 5.56 Å². The highest BCUT2D eigenvalue weighted by Gasteiger charge is 2.32. The Balaban J connectivity index is 1.43. The highest BCUT2D eigenvalue weighted by molar-refractivity contribution is 5.79. The molecule has 0 aromatic carbocycles. The zero-order valence-corrected chi connectivity index (χ0v) is 18.9. The second-order valence-electron chi connectivity index (χ2n) is 9.91. The zero-order chi connectivity index (χ0) is 22.0. The lowest BCUT2D eigenvalue weighted by atomic mass is 9.92. The third-order valence-electron chi connectivity index (χ3n) is 7.32. The number of rotatable bonds is 4. The predicted octanol–water partition coefficient (Wildman–Crippen LogP) is 3.03. The zero-order valence-electron chi connectivity index (χ0n) is 18.9. The standard InChI is InChI=1S/C24H36N4O3/c1-16(2)23(30)27-12-9-17(10-13-27)22-25-20(14-21(29)26-22)19-8-5-11-28(15-19)24(31)18-6-3-4-7-18/h14,16-19H,3-13,15H2,1-2H3,(H,25,26,29)/t19-/m0/s1. The van der Waals surface area contributed by atoms with Crippen molar-refractivity contribution >= 4 is 11.8 Å². The largest absolute Gasteiger partial charge is 0.342 e. The lowest BCUT2D eigenvalue weighted by Crippen LogP contribution is -2.42. The Morgan fingerprint density at radius 3 is 2.35 bits per heavy atom. The summed E-state index contributed by atoms with van der Waals surface area (Å²) >= 11 is 0. The molecule has 1 aliphatic carbocycles. The molecule has 1 aromatic heterocycles. The lowest BCUT2D eigenvalue weighted by molar-refractivity contribution is -0.137. The molecule has 170 valence electrons. The predicted molar refractivity (Wildman–Crippen MR) is 119 cm³/mol. The minimum absolute atomic E-state index is 0.0130. The van der Waals surface area contributed by atoms with E-state index in [9.17, 15) is 14.4 Å². The van der Waals surface area contributed by atoms with Gasteiger partial charge in [0.2, 0.25) is 11.8 Å². The van der Waals surface area contributed by atoms with Crippen LogP contribution in [0.5, 0.6) is 0 Å². The van der Waals surface area contributed by atoms with Crippen LogP contribution in [-0.2, 0) is 9.59 Å². The Hall–Kier alpha value is -2.18. The third-order valence-corrected chi connectivity index (χ3v) is 7.32. The Labute approximate surface area is 184 Å². The van der Waals surface area contributed by atoms with Crippen molar-refractivity contribution in [3.8, 4) is 0 Å². The maximum Gasteiger partial charge on any atom is 0.251 e. The first-order valence-electron chi connectivity index (χ1n) is 12.1. The van der Waals surface area contributed by atoms with Gasteiger partial charge in [-0.3, -0.25) is 14.4 Å². The molecule has 4 rings (SSSR count). The fraction of sp³-hybridized carbons (Fsp3) is 0.750. The number of nitrogens with zero attached hydrogens (tertiary/aromatic N) is 3. The van der Waals surface area contributed by atoms with Crippen LogP contribution in [0.15, 0.2) is 10.9 Å². The van der Waals surface area contributed by atoms with Gasteiger partial charge in [0.05, 0.1) is 5.69 Å². The van der Waals surface area contributed by atoms with Crippen molar-refractivity contribution < 1.29 is 9.59 Å². The molecule has 7 heteroatoms. The molecule has 3 fully saturated rings. The summed E-state index contributed by atoms with van der Waals surface area (Å²) in [5.74, 6) is 1.75. The number of hydrogen-bond donors (Lipinski definition) is 1. The van der Waals surface area contributed by atoms with Crippen LogP contribution >= 0.6 is 0 Å². The van der Waals surface area contributed by atoms with Gasteiger partial charge in [0.1, 0.15) is 5.82 Å². The van der Waals surface area contributed by atoms with Crippen LogP contribution in [0.3, 0.4) is 0 Å². The van der Waals surface area contributed by atoms with E-state index >= 15 is 0 Å². The summed E-state index contributed by atoms with van der Waals surface area (Å²) in [7, 11) is 0. The minimum atomic E-state index is -0.111. The number of aromatic nitrogens is 2. The van der Waals surface area contributed by atoms with E-state index in [-0.39, 0.29) is 35.1 Å². The van der Waals surface area contributed by atoms with Gasteiger partial charge in [-0.25, -0.2) is 4.98 Å². The van der Waals surface area contributed by atoms with Gasteiger partial charge in [-0.15, -0.1) is 0 Å². The van der Waals surface area contributed by atoms with Crippen molar-refractivity contribution in [1.82, 2.24) is 19.8 Å². The highest BCUT2D eigenvalue weighted by Crippen LogP contribution is 2.32. The number of nitrogens with one attached hydrogen (secondary N) is 1. The summed E-state index contributed by atoms with van der Waals surface area (Å²) < 4.78 is 0. The smallest absolute Gasteiger partial charge is 0.251 e. The summed E-state index contributed by atoms with van der Waals surface area (Å²) in [4.78, 5) is 49.4. The average molecular weight is 429 g/mol. The first kappa shape index (κ1) is 22.0. The highest BCUT2D eigenvalue weighted by atomic mass is 16.2. The lowest BCUT2D eigenvalue weighted by Gasteiger charge is -2.35. The van der Waals surface area contributed by atoms with Crippen LogP contribution in [0.25, 0.3) is 0 Å². The number of amides is 2. The molecule has 31 heavy (non-hydrogen) atoms. The molecular formula is C24H36N4O3. The van der Waals surface area contributed by atoms with Crippen LogP contribution in [0.2, 0.25) is 0 Å². The summed E-state index contributed by atoms with van der Waals surface area (Å²) in [6, 6.07) is 1.62. The topological polar surface area (TPSA) is 86.4 Å². The van der Waals surface area contributed by atoms with Gasteiger partial charge in [0.15, 0.2) is 0 Å². The second-order valence-corrected chi connectivity index (χ2v) is 9.91. The summed E-state index contributed by atoms with van der Waals surface area (Å²) in [6.45, 7) is 6.78. The van der Waals surface area contributed by atoms with Crippen molar-refractivity contribution in [3.05, 3.63) is 27.9 Å². The molecule has 2 aliphatic heterocycles. The van der Waals surface area contributed by atoms with E-state index in [4.69, 9.17) is 4.98 Å². The van der Waals surface area contributed by atoms with Gasteiger partial charge < -0.3 is 14.8 Å². The van der Waals surface area contributed by atoms with Crippen LogP contribution < -0.4 is 5.56 Å². The van der Waals surface area contributed by atoms with Crippen molar-refractivity contribution in [2.24, 2.45) is 11.8 Å². The van der Waals surface area contributed by atoms with E-state index in [2.05, 4.69) is 4.98 Å². The normalized spacial score (nSPS) is 23.5. The van der Waals surface area contributed by atoms with Crippen LogP contribution in [0, 0.1) is 11.8 Å². The van der Waals surface area contributed by atoms with Crippen LogP contribution in [0.1, 0.15) is 88.6 Å². The molecule has 1 saturated carbocycles. The molecule has 0 spiro atoms. The number of piperidine rings is 2. The molecule has 3 heterocycles. The van der Waals surface area contributed by atoms with E-state index in [1.807, 2.05) is 23.6 Å². The van der Waals surface area contributed by atoms with E-state index in [0.29, 0.717) is 25.5 Å². The third kappa shape index (κ3) is 5.01. The van der Waals surface area contributed by atoms with Gasteiger partial charge in [-0.2, -0.15) is 0 Å². The molecule has 7 nitrogen and oxygen atoms in total. The fourth-order valence-electron chi connectivity index (χ4n) is 5.49. The number of carbonyl (C=O) groups is 2. The minimum Gasteiger partial charge on any atom is -0.342 e.